The average Bonchev–Trinajstić information content (AvgIpc) is 3.01. The Bertz CT molecular complexity index is 880. The van der Waals surface area contributed by atoms with Crippen LogP contribution in [0.25, 0.3) is 0 Å². The van der Waals surface area contributed by atoms with Gasteiger partial charge < -0.3 is 9.80 Å². The van der Waals surface area contributed by atoms with Gasteiger partial charge in [-0.15, -0.1) is 0 Å². The molecule has 29 heavy (non-hydrogen) atoms. The molecule has 4 rings (SSSR count). The van der Waals surface area contributed by atoms with Gasteiger partial charge in [-0.05, 0) is 56.2 Å². The van der Waals surface area contributed by atoms with Crippen LogP contribution in [0.4, 0.5) is 10.1 Å². The second-order valence-electron chi connectivity index (χ2n) is 8.93. The first-order chi connectivity index (χ1) is 13.8. The molecule has 3 aliphatic rings. The summed E-state index contributed by atoms with van der Waals surface area (Å²) < 4.78 is 38.9. The van der Waals surface area contributed by atoms with E-state index in [1.165, 1.54) is 12.5 Å². The zero-order valence-electron chi connectivity index (χ0n) is 17.2. The molecular formula is C22H31FN2O3S. The van der Waals surface area contributed by atoms with Crippen molar-refractivity contribution in [3.05, 3.63) is 29.1 Å². The van der Waals surface area contributed by atoms with E-state index in [0.29, 0.717) is 18.7 Å². The highest BCUT2D eigenvalue weighted by molar-refractivity contribution is 7.91. The van der Waals surface area contributed by atoms with E-state index in [4.69, 9.17) is 0 Å². The minimum atomic E-state index is -3.07. The maximum absolute atomic E-state index is 14.7. The highest BCUT2D eigenvalue weighted by Crippen LogP contribution is 2.33. The lowest BCUT2D eigenvalue weighted by Crippen LogP contribution is -2.52. The van der Waals surface area contributed by atoms with Gasteiger partial charge in [0, 0.05) is 18.6 Å². The summed E-state index contributed by atoms with van der Waals surface area (Å²) in [5.41, 5.74) is 2.42. The number of benzene rings is 1. The molecule has 2 aliphatic heterocycles. The van der Waals surface area contributed by atoms with E-state index in [2.05, 4.69) is 0 Å². The van der Waals surface area contributed by atoms with Crippen LogP contribution in [0.1, 0.15) is 56.1 Å². The van der Waals surface area contributed by atoms with Crippen molar-refractivity contribution in [3.63, 3.8) is 0 Å². The van der Waals surface area contributed by atoms with Crippen molar-refractivity contribution < 1.29 is 17.6 Å². The molecule has 1 saturated carbocycles. The van der Waals surface area contributed by atoms with E-state index in [-0.39, 0.29) is 41.9 Å². The molecule has 2 fully saturated rings. The summed E-state index contributed by atoms with van der Waals surface area (Å²) in [5.74, 6) is -0.0828. The third kappa shape index (κ3) is 4.44. The smallest absolute Gasteiger partial charge is 0.242 e. The first kappa shape index (κ1) is 20.6. The molecule has 0 N–H and O–H groups in total. The van der Waals surface area contributed by atoms with Crippen molar-refractivity contribution in [2.75, 3.05) is 29.5 Å². The predicted octanol–water partition coefficient (Wildman–Crippen LogP) is 3.24. The molecule has 7 heteroatoms. The lowest BCUT2D eigenvalue weighted by atomic mass is 9.92. The number of fused-ring (bicyclic) bond motifs is 1. The molecule has 5 nitrogen and oxygen atoms in total. The van der Waals surface area contributed by atoms with Gasteiger partial charge in [0.25, 0.3) is 0 Å². The van der Waals surface area contributed by atoms with Crippen LogP contribution in [-0.4, -0.2) is 55.9 Å². The number of aryl methyl sites for hydroxylation is 2. The molecule has 1 aromatic rings. The molecule has 0 aromatic heterocycles. The summed E-state index contributed by atoms with van der Waals surface area (Å²) in [7, 11) is -3.07. The van der Waals surface area contributed by atoms with Crippen LogP contribution in [0.5, 0.6) is 0 Å². The van der Waals surface area contributed by atoms with Crippen LogP contribution in [0.15, 0.2) is 12.1 Å². The van der Waals surface area contributed by atoms with Crippen molar-refractivity contribution >= 4 is 21.4 Å². The van der Waals surface area contributed by atoms with Crippen LogP contribution >= 0.6 is 0 Å². The van der Waals surface area contributed by atoms with Crippen LogP contribution < -0.4 is 4.90 Å². The first-order valence-electron chi connectivity index (χ1n) is 10.9. The monoisotopic (exact) mass is 422 g/mol. The van der Waals surface area contributed by atoms with E-state index in [9.17, 15) is 17.6 Å². The lowest BCUT2D eigenvalue weighted by Gasteiger charge is -2.40. The zero-order valence-corrected chi connectivity index (χ0v) is 18.0. The van der Waals surface area contributed by atoms with Gasteiger partial charge in [-0.25, -0.2) is 12.8 Å². The van der Waals surface area contributed by atoms with Gasteiger partial charge in [0.15, 0.2) is 9.84 Å². The number of carbonyl (C=O) groups excluding carboxylic acids is 1. The number of amides is 1. The SMILES string of the molecule is Cc1cc(F)c2c(c1)CCCN2CC(=O)N(C1CCCCC1)C1CCS(=O)(=O)C1. The first-order valence-corrected chi connectivity index (χ1v) is 12.7. The number of rotatable bonds is 4. The van der Waals surface area contributed by atoms with E-state index < -0.39 is 9.84 Å². The van der Waals surface area contributed by atoms with E-state index in [1.807, 2.05) is 22.8 Å². The summed E-state index contributed by atoms with van der Waals surface area (Å²) in [6, 6.07) is 3.42. The number of hydrogen-bond donors (Lipinski definition) is 0. The van der Waals surface area contributed by atoms with Gasteiger partial charge >= 0.3 is 0 Å². The predicted molar refractivity (Wildman–Crippen MR) is 112 cm³/mol. The number of hydrogen-bond acceptors (Lipinski definition) is 4. The summed E-state index contributed by atoms with van der Waals surface area (Å²) in [6.45, 7) is 2.67. The van der Waals surface area contributed by atoms with Crippen LogP contribution in [0, 0.1) is 12.7 Å². The number of anilines is 1. The maximum Gasteiger partial charge on any atom is 0.242 e. The Labute approximate surface area is 173 Å². The van der Waals surface area contributed by atoms with Crippen LogP contribution in [0.2, 0.25) is 0 Å². The largest absolute Gasteiger partial charge is 0.360 e. The van der Waals surface area contributed by atoms with E-state index in [0.717, 1.165) is 49.7 Å². The number of halogens is 1. The molecule has 2 heterocycles. The molecule has 1 aromatic carbocycles. The molecule has 0 spiro atoms. The number of carbonyl (C=O) groups is 1. The van der Waals surface area contributed by atoms with Crippen LogP contribution in [0.3, 0.4) is 0 Å². The summed E-state index contributed by atoms with van der Waals surface area (Å²) in [6.07, 6.45) is 7.44. The lowest BCUT2D eigenvalue weighted by molar-refractivity contribution is -0.135. The van der Waals surface area contributed by atoms with Crippen molar-refractivity contribution in [3.8, 4) is 0 Å². The molecular weight excluding hydrogens is 391 g/mol. The van der Waals surface area contributed by atoms with Crippen molar-refractivity contribution in [1.82, 2.24) is 4.90 Å². The van der Waals surface area contributed by atoms with Gasteiger partial charge in [-0.3, -0.25) is 4.79 Å². The normalized spacial score (nSPS) is 24.3. The fourth-order valence-electron chi connectivity index (χ4n) is 5.39. The second-order valence-corrected chi connectivity index (χ2v) is 11.2. The third-order valence-electron chi connectivity index (χ3n) is 6.66. The fraction of sp³-hybridized carbons (Fsp3) is 0.682. The fourth-order valence-corrected chi connectivity index (χ4v) is 7.10. The summed E-state index contributed by atoms with van der Waals surface area (Å²) >= 11 is 0. The van der Waals surface area contributed by atoms with Gasteiger partial charge in [0.2, 0.25) is 5.91 Å². The topological polar surface area (TPSA) is 57.7 Å². The molecule has 1 aliphatic carbocycles. The molecule has 1 saturated heterocycles. The highest BCUT2D eigenvalue weighted by Gasteiger charge is 2.39. The standard InChI is InChI=1S/C22H31FN2O3S/c1-16-12-17-6-5-10-24(22(17)20(23)13-16)14-21(26)25(18-7-3-2-4-8-18)19-9-11-29(27,28)15-19/h12-13,18-19H,2-11,14-15H2,1H3. The molecule has 0 radical (unpaired) electrons. The molecule has 1 amide bonds. The summed E-state index contributed by atoms with van der Waals surface area (Å²) in [4.78, 5) is 17.2. The summed E-state index contributed by atoms with van der Waals surface area (Å²) in [5, 5.41) is 0. The maximum atomic E-state index is 14.7. The van der Waals surface area contributed by atoms with Gasteiger partial charge in [-0.2, -0.15) is 0 Å². The van der Waals surface area contributed by atoms with Crippen molar-refractivity contribution in [2.45, 2.75) is 70.4 Å². The Morgan fingerprint density at radius 1 is 1.14 bits per heavy atom. The minimum Gasteiger partial charge on any atom is -0.360 e. The zero-order chi connectivity index (χ0) is 20.6. The Hall–Kier alpha value is -1.63. The van der Waals surface area contributed by atoms with Gasteiger partial charge in [0.05, 0.1) is 23.7 Å². The molecule has 0 bridgehead atoms. The van der Waals surface area contributed by atoms with Crippen LogP contribution in [-0.2, 0) is 21.1 Å². The number of nitrogens with zero attached hydrogens (tertiary/aromatic N) is 2. The Morgan fingerprint density at radius 3 is 2.59 bits per heavy atom. The third-order valence-corrected chi connectivity index (χ3v) is 8.41. The average molecular weight is 423 g/mol. The Balaban J connectivity index is 1.58. The minimum absolute atomic E-state index is 0.0492. The second kappa shape index (κ2) is 8.25. The number of sulfone groups is 1. The van der Waals surface area contributed by atoms with Gasteiger partial charge in [-0.1, -0.05) is 25.3 Å². The Morgan fingerprint density at radius 2 is 1.90 bits per heavy atom. The highest BCUT2D eigenvalue weighted by atomic mass is 32.2. The van der Waals surface area contributed by atoms with Crippen molar-refractivity contribution in [1.29, 1.82) is 0 Å². The van der Waals surface area contributed by atoms with E-state index in [1.54, 1.807) is 0 Å². The Kier molecular flexibility index (Phi) is 5.87. The van der Waals surface area contributed by atoms with Gasteiger partial charge in [0.1, 0.15) is 5.82 Å². The molecule has 1 unspecified atom stereocenters. The van der Waals surface area contributed by atoms with Crippen molar-refractivity contribution in [2.24, 2.45) is 0 Å². The molecule has 160 valence electrons. The quantitative estimate of drug-likeness (QED) is 0.748. The molecule has 1 atom stereocenters. The van der Waals surface area contributed by atoms with E-state index >= 15 is 0 Å².